The SMILES string of the molecule is O=[N+]([O-])c1ccc(SCc2ccc(I)cc2)nc1. The number of thioether (sulfide) groups is 1. The van der Waals surface area contributed by atoms with Crippen LogP contribution in [0, 0.1) is 13.7 Å². The molecule has 1 aromatic heterocycles. The quantitative estimate of drug-likeness (QED) is 0.354. The number of benzene rings is 1. The molecule has 4 nitrogen and oxygen atoms in total. The lowest BCUT2D eigenvalue weighted by molar-refractivity contribution is -0.385. The Balaban J connectivity index is 1.97. The van der Waals surface area contributed by atoms with Crippen LogP contribution >= 0.6 is 34.4 Å². The molecule has 0 saturated heterocycles. The second kappa shape index (κ2) is 6.14. The number of hydrogen-bond donors (Lipinski definition) is 0. The highest BCUT2D eigenvalue weighted by Gasteiger charge is 2.05. The van der Waals surface area contributed by atoms with E-state index >= 15 is 0 Å². The van der Waals surface area contributed by atoms with Crippen molar-refractivity contribution in [2.75, 3.05) is 0 Å². The van der Waals surface area contributed by atoms with Crippen LogP contribution in [0.15, 0.2) is 47.6 Å². The molecule has 0 saturated carbocycles. The topological polar surface area (TPSA) is 56.0 Å². The summed E-state index contributed by atoms with van der Waals surface area (Å²) < 4.78 is 1.20. The minimum Gasteiger partial charge on any atom is -0.258 e. The summed E-state index contributed by atoms with van der Waals surface area (Å²) in [6.45, 7) is 0. The van der Waals surface area contributed by atoms with Gasteiger partial charge in [0.2, 0.25) is 0 Å². The molecule has 0 spiro atoms. The highest BCUT2D eigenvalue weighted by atomic mass is 127. The van der Waals surface area contributed by atoms with Gasteiger partial charge in [-0.15, -0.1) is 11.8 Å². The molecule has 1 heterocycles. The van der Waals surface area contributed by atoms with E-state index in [2.05, 4.69) is 51.8 Å². The van der Waals surface area contributed by atoms with E-state index in [0.717, 1.165) is 10.8 Å². The molecular weight excluding hydrogens is 363 g/mol. The molecule has 0 unspecified atom stereocenters. The molecule has 0 aliphatic rings. The second-order valence-electron chi connectivity index (χ2n) is 3.53. The van der Waals surface area contributed by atoms with Gasteiger partial charge in [0.15, 0.2) is 0 Å². The predicted molar refractivity (Wildman–Crippen MR) is 79.6 cm³/mol. The molecule has 0 radical (unpaired) electrons. The molecular formula is C12H9IN2O2S. The first-order valence-corrected chi connectivity index (χ1v) is 7.19. The first kappa shape index (κ1) is 13.3. The fraction of sp³-hybridized carbons (Fsp3) is 0.0833. The maximum Gasteiger partial charge on any atom is 0.287 e. The zero-order valence-electron chi connectivity index (χ0n) is 9.25. The summed E-state index contributed by atoms with van der Waals surface area (Å²) in [5.74, 6) is 0.807. The van der Waals surface area contributed by atoms with Crippen molar-refractivity contribution in [2.24, 2.45) is 0 Å². The standard InChI is InChI=1S/C12H9IN2O2S/c13-10-3-1-9(2-4-10)8-18-12-6-5-11(7-14-12)15(16)17/h1-7H,8H2. The molecule has 0 atom stereocenters. The smallest absolute Gasteiger partial charge is 0.258 e. The minimum atomic E-state index is -0.444. The molecule has 18 heavy (non-hydrogen) atoms. The Hall–Kier alpha value is -1.15. The molecule has 1 aromatic carbocycles. The van der Waals surface area contributed by atoms with E-state index in [1.54, 1.807) is 17.8 Å². The molecule has 0 amide bonds. The van der Waals surface area contributed by atoms with Crippen molar-refractivity contribution in [2.45, 2.75) is 10.8 Å². The first-order chi connectivity index (χ1) is 8.65. The summed E-state index contributed by atoms with van der Waals surface area (Å²) in [6.07, 6.45) is 1.29. The van der Waals surface area contributed by atoms with Crippen molar-refractivity contribution in [1.82, 2.24) is 4.98 Å². The number of pyridine rings is 1. The van der Waals surface area contributed by atoms with Gasteiger partial charge < -0.3 is 0 Å². The Morgan fingerprint density at radius 2 is 1.94 bits per heavy atom. The van der Waals surface area contributed by atoms with Crippen LogP contribution in [-0.2, 0) is 5.75 Å². The molecule has 2 rings (SSSR count). The molecule has 0 fully saturated rings. The average molecular weight is 372 g/mol. The van der Waals surface area contributed by atoms with E-state index in [-0.39, 0.29) is 5.69 Å². The lowest BCUT2D eigenvalue weighted by Crippen LogP contribution is -1.89. The van der Waals surface area contributed by atoms with Crippen molar-refractivity contribution in [3.05, 3.63) is 61.8 Å². The second-order valence-corrected chi connectivity index (χ2v) is 5.77. The van der Waals surface area contributed by atoms with Crippen molar-refractivity contribution in [3.8, 4) is 0 Å². The highest BCUT2D eigenvalue weighted by Crippen LogP contribution is 2.22. The Morgan fingerprint density at radius 3 is 2.50 bits per heavy atom. The van der Waals surface area contributed by atoms with Crippen LogP contribution < -0.4 is 0 Å². The molecule has 0 aliphatic heterocycles. The van der Waals surface area contributed by atoms with Gasteiger partial charge in [-0.1, -0.05) is 12.1 Å². The third-order valence-corrected chi connectivity index (χ3v) is 3.97. The molecule has 2 aromatic rings. The summed E-state index contributed by atoms with van der Waals surface area (Å²) in [5, 5.41) is 11.3. The van der Waals surface area contributed by atoms with Gasteiger partial charge in [0, 0.05) is 15.4 Å². The number of hydrogen-bond acceptors (Lipinski definition) is 4. The van der Waals surface area contributed by atoms with Crippen LogP contribution in [-0.4, -0.2) is 9.91 Å². The van der Waals surface area contributed by atoms with Crippen LogP contribution in [0.1, 0.15) is 5.56 Å². The number of rotatable bonds is 4. The van der Waals surface area contributed by atoms with E-state index in [9.17, 15) is 10.1 Å². The number of aromatic nitrogens is 1. The van der Waals surface area contributed by atoms with Gasteiger partial charge in [0.05, 0.1) is 9.95 Å². The van der Waals surface area contributed by atoms with Crippen LogP contribution in [0.25, 0.3) is 0 Å². The Labute approximate surface area is 122 Å². The summed E-state index contributed by atoms with van der Waals surface area (Å²) in [5.41, 5.74) is 1.23. The summed E-state index contributed by atoms with van der Waals surface area (Å²) in [7, 11) is 0. The zero-order chi connectivity index (χ0) is 13.0. The van der Waals surface area contributed by atoms with Crippen molar-refractivity contribution in [3.63, 3.8) is 0 Å². The molecule has 0 aliphatic carbocycles. The molecule has 6 heteroatoms. The Kier molecular flexibility index (Phi) is 4.54. The van der Waals surface area contributed by atoms with Crippen LogP contribution in [0.5, 0.6) is 0 Å². The van der Waals surface area contributed by atoms with Crippen LogP contribution in [0.4, 0.5) is 5.69 Å². The third kappa shape index (κ3) is 3.67. The Morgan fingerprint density at radius 1 is 1.22 bits per heavy atom. The van der Waals surface area contributed by atoms with Gasteiger partial charge in [-0.3, -0.25) is 10.1 Å². The summed E-state index contributed by atoms with van der Waals surface area (Å²) in [4.78, 5) is 14.1. The van der Waals surface area contributed by atoms with Gasteiger partial charge in [0.25, 0.3) is 5.69 Å². The third-order valence-electron chi connectivity index (χ3n) is 2.23. The molecule has 92 valence electrons. The normalized spacial score (nSPS) is 10.3. The number of halogens is 1. The van der Waals surface area contributed by atoms with Crippen molar-refractivity contribution < 1.29 is 4.92 Å². The average Bonchev–Trinajstić information content (AvgIpc) is 2.38. The van der Waals surface area contributed by atoms with Gasteiger partial charge in [-0.25, -0.2) is 4.98 Å². The largest absolute Gasteiger partial charge is 0.287 e. The van der Waals surface area contributed by atoms with Gasteiger partial charge >= 0.3 is 0 Å². The van der Waals surface area contributed by atoms with E-state index in [0.29, 0.717) is 0 Å². The van der Waals surface area contributed by atoms with Crippen molar-refractivity contribution >= 4 is 40.0 Å². The lowest BCUT2D eigenvalue weighted by Gasteiger charge is -2.01. The van der Waals surface area contributed by atoms with Crippen molar-refractivity contribution in [1.29, 1.82) is 0 Å². The number of nitrogens with zero attached hydrogens (tertiary/aromatic N) is 2. The fourth-order valence-electron chi connectivity index (χ4n) is 1.30. The van der Waals surface area contributed by atoms with E-state index in [4.69, 9.17) is 0 Å². The Bertz CT molecular complexity index is 543. The van der Waals surface area contributed by atoms with Gasteiger partial charge in [-0.05, 0) is 46.4 Å². The van der Waals surface area contributed by atoms with Gasteiger partial charge in [-0.2, -0.15) is 0 Å². The van der Waals surface area contributed by atoms with Crippen LogP contribution in [0.3, 0.4) is 0 Å². The van der Waals surface area contributed by atoms with Crippen LogP contribution in [0.2, 0.25) is 0 Å². The predicted octanol–water partition coefficient (Wildman–Crippen LogP) is 3.89. The lowest BCUT2D eigenvalue weighted by atomic mass is 10.2. The fourth-order valence-corrected chi connectivity index (χ4v) is 2.46. The van der Waals surface area contributed by atoms with E-state index in [1.165, 1.54) is 21.4 Å². The van der Waals surface area contributed by atoms with Gasteiger partial charge in [0.1, 0.15) is 6.20 Å². The monoisotopic (exact) mass is 372 g/mol. The highest BCUT2D eigenvalue weighted by molar-refractivity contribution is 14.1. The van der Waals surface area contributed by atoms with E-state index in [1.807, 2.05) is 0 Å². The minimum absolute atomic E-state index is 0.0219. The zero-order valence-corrected chi connectivity index (χ0v) is 12.2. The maximum atomic E-state index is 10.5. The molecule has 0 bridgehead atoms. The maximum absolute atomic E-state index is 10.5. The summed E-state index contributed by atoms with van der Waals surface area (Å²) >= 11 is 3.83. The first-order valence-electron chi connectivity index (χ1n) is 5.13. The number of nitro groups is 1. The van der Waals surface area contributed by atoms with E-state index < -0.39 is 4.92 Å². The molecule has 0 N–H and O–H groups in total. The summed E-state index contributed by atoms with van der Waals surface area (Å²) in [6, 6.07) is 11.4.